The molecule has 0 amide bonds. The van der Waals surface area contributed by atoms with Gasteiger partial charge in [0.25, 0.3) is 0 Å². The Morgan fingerprint density at radius 3 is 1.06 bits per heavy atom. The van der Waals surface area contributed by atoms with E-state index in [1.165, 1.54) is 14.7 Å². The summed E-state index contributed by atoms with van der Waals surface area (Å²) in [5.41, 5.74) is 0. The van der Waals surface area contributed by atoms with Crippen molar-refractivity contribution >= 4 is 0 Å². The van der Waals surface area contributed by atoms with E-state index in [1.807, 2.05) is 41.5 Å². The smallest absolute Gasteiger partial charge is 0.0444 e. The number of nitrogens with one attached hydrogen (secondary N) is 2. The molecule has 4 heterocycles. The molecule has 0 radical (unpaired) electrons. The molecule has 0 aromatic rings. The summed E-state index contributed by atoms with van der Waals surface area (Å²) in [6, 6.07) is -0.144. The monoisotopic (exact) mass is 527 g/mol. The quantitative estimate of drug-likeness (QED) is 0.567. The number of hydrogen-bond acceptors (Lipinski definition) is 6. The molecule has 0 spiro atoms. The van der Waals surface area contributed by atoms with Crippen molar-refractivity contribution in [3.8, 4) is 0 Å². The van der Waals surface area contributed by atoms with Gasteiger partial charge in [-0.25, -0.2) is 0 Å². The maximum absolute atomic E-state index is 7.72. The first kappa shape index (κ1) is 16.1. The molecule has 216 valence electrons. The fourth-order valence-corrected chi connectivity index (χ4v) is 3.35. The summed E-state index contributed by atoms with van der Waals surface area (Å²) in [5, 5.41) is 5.10. The highest BCUT2D eigenvalue weighted by molar-refractivity contribution is 4.71. The second-order valence-corrected chi connectivity index (χ2v) is 10.1. The SMILES string of the molecule is [2H]C1([2H])CCCC([2H])([2H])N1C(C)C.[2H]C1([2H])CCCC([2H])([2H])N1C(C)C.[2H]C1([2H])CN(C(C)C)CC([2H])([2H])N1.[2H]C1([2H])CNCC([2H])([2H])N1C(C)C. The maximum atomic E-state index is 7.72. The summed E-state index contributed by atoms with van der Waals surface area (Å²) in [6.45, 7) is 3.26. The van der Waals surface area contributed by atoms with Crippen molar-refractivity contribution < 1.29 is 21.9 Å². The lowest BCUT2D eigenvalue weighted by Gasteiger charge is -2.30. The molecule has 0 aliphatic carbocycles. The van der Waals surface area contributed by atoms with Crippen molar-refractivity contribution in [3.63, 3.8) is 0 Å². The van der Waals surface area contributed by atoms with Crippen LogP contribution in [0.3, 0.4) is 0 Å². The van der Waals surface area contributed by atoms with Gasteiger partial charge in [0.2, 0.25) is 0 Å². The molecule has 0 saturated carbocycles. The van der Waals surface area contributed by atoms with Gasteiger partial charge in [0.15, 0.2) is 0 Å². The minimum absolute atomic E-state index is 0.0923. The fraction of sp³-hybridized carbons (Fsp3) is 1.00. The van der Waals surface area contributed by atoms with Crippen molar-refractivity contribution in [2.75, 3.05) is 78.2 Å². The van der Waals surface area contributed by atoms with Crippen molar-refractivity contribution in [1.29, 1.82) is 0 Å². The van der Waals surface area contributed by atoms with Gasteiger partial charge in [0, 0.05) is 98.3 Å². The zero-order valence-corrected chi connectivity index (χ0v) is 24.2. The lowest BCUT2D eigenvalue weighted by Crippen LogP contribution is -2.46. The van der Waals surface area contributed by atoms with Gasteiger partial charge in [-0.15, -0.1) is 0 Å². The van der Waals surface area contributed by atoms with E-state index in [9.17, 15) is 0 Å². The first-order valence-electron chi connectivity index (χ1n) is 21.7. The number of piperazine rings is 2. The molecule has 36 heavy (non-hydrogen) atoms. The van der Waals surface area contributed by atoms with E-state index in [0.29, 0.717) is 38.5 Å². The van der Waals surface area contributed by atoms with Crippen LogP contribution in [0.1, 0.15) is 116 Å². The third-order valence-electron chi connectivity index (χ3n) is 5.61. The topological polar surface area (TPSA) is 37.0 Å². The molecule has 4 aliphatic rings. The van der Waals surface area contributed by atoms with Gasteiger partial charge in [-0.05, 0) is 107 Å². The number of hydrogen-bond donors (Lipinski definition) is 2. The summed E-state index contributed by atoms with van der Waals surface area (Å²) in [6.07, 6.45) is 3.00. The van der Waals surface area contributed by atoms with Crippen LogP contribution in [0.2, 0.25) is 0 Å². The van der Waals surface area contributed by atoms with E-state index >= 15 is 0 Å². The summed E-state index contributed by atoms with van der Waals surface area (Å²) in [5.74, 6) is 0. The maximum Gasteiger partial charge on any atom is 0.0444 e. The predicted molar refractivity (Wildman–Crippen MR) is 160 cm³/mol. The number of rotatable bonds is 4. The summed E-state index contributed by atoms with van der Waals surface area (Å²) < 4.78 is 122. The van der Waals surface area contributed by atoms with Crippen LogP contribution in [0.5, 0.6) is 0 Å². The molecular weight excluding hydrogens is 444 g/mol. The minimum Gasteiger partial charge on any atom is -0.314 e. The highest BCUT2D eigenvalue weighted by Crippen LogP contribution is 2.11. The Kier molecular flexibility index (Phi) is 9.27. The first-order chi connectivity index (χ1) is 23.0. The van der Waals surface area contributed by atoms with E-state index in [-0.39, 0.29) is 50.3 Å². The lowest BCUT2D eigenvalue weighted by atomic mass is 10.1. The molecule has 0 atom stereocenters. The zero-order valence-electron chi connectivity index (χ0n) is 40.2. The Labute approximate surface area is 249 Å². The van der Waals surface area contributed by atoms with Gasteiger partial charge in [-0.2, -0.15) is 0 Å². The molecule has 0 aromatic carbocycles. The van der Waals surface area contributed by atoms with Gasteiger partial charge in [-0.3, -0.25) is 9.80 Å². The van der Waals surface area contributed by atoms with Crippen LogP contribution in [-0.2, 0) is 0 Å². The van der Waals surface area contributed by atoms with Crippen LogP contribution in [0.15, 0.2) is 0 Å². The minimum atomic E-state index is -1.63. The molecule has 4 saturated heterocycles. The van der Waals surface area contributed by atoms with Crippen LogP contribution in [0, 0.1) is 0 Å². The Bertz CT molecular complexity index is 940. The van der Waals surface area contributed by atoms with Crippen LogP contribution in [0.4, 0.5) is 0 Å². The second kappa shape index (κ2) is 20.7. The standard InChI is InChI=1S/2C8H17N.2C7H16N2/c2*1-8(2)9-6-4-3-5-7-9;2*1-7(2)9-5-3-8-4-6-9/h2*8H,3-7H2,1-2H3;2*7-8H,3-6H2,1-2H3/i2*6D2,7D2;5D2,6D2;3D2,4D2. The van der Waals surface area contributed by atoms with Gasteiger partial charge in [0.05, 0.1) is 0 Å². The third kappa shape index (κ3) is 15.9. The lowest BCUT2D eigenvalue weighted by molar-refractivity contribution is 0.185. The first-order valence-corrected chi connectivity index (χ1v) is 13.7. The summed E-state index contributed by atoms with van der Waals surface area (Å²) in [7, 11) is 0. The Hall–Kier alpha value is -0.240. The fourth-order valence-electron chi connectivity index (χ4n) is 3.35. The van der Waals surface area contributed by atoms with Gasteiger partial charge in [0.1, 0.15) is 0 Å². The molecule has 0 aromatic heterocycles. The third-order valence-corrected chi connectivity index (χ3v) is 5.61. The van der Waals surface area contributed by atoms with Crippen LogP contribution in [-0.4, -0.2) is 122 Å². The van der Waals surface area contributed by atoms with Crippen molar-refractivity contribution in [1.82, 2.24) is 30.2 Å². The number of likely N-dealkylation sites (tertiary alicyclic amines) is 2. The normalized spacial score (nSPS) is 40.8. The average molecular weight is 527 g/mol. The molecule has 6 heteroatoms. The zero-order chi connectivity index (χ0) is 41.1. The van der Waals surface area contributed by atoms with Gasteiger partial charge in [-0.1, -0.05) is 12.8 Å². The largest absolute Gasteiger partial charge is 0.314 e. The Balaban J connectivity index is 0.000000347. The van der Waals surface area contributed by atoms with E-state index in [2.05, 4.69) is 10.6 Å². The highest BCUT2D eigenvalue weighted by atomic mass is 15.2. The summed E-state index contributed by atoms with van der Waals surface area (Å²) in [4.78, 5) is 5.79. The molecule has 4 fully saturated rings. The molecule has 2 N–H and O–H groups in total. The predicted octanol–water partition coefficient (Wildman–Crippen LogP) is 4.36. The van der Waals surface area contributed by atoms with Gasteiger partial charge >= 0.3 is 0 Å². The Morgan fingerprint density at radius 2 is 0.778 bits per heavy atom. The van der Waals surface area contributed by atoms with Crippen molar-refractivity contribution in [2.45, 2.75) is 118 Å². The van der Waals surface area contributed by atoms with E-state index in [0.717, 1.165) is 0 Å². The molecule has 0 unspecified atom stereocenters. The number of nitrogens with zero attached hydrogens (tertiary/aromatic N) is 4. The van der Waals surface area contributed by atoms with E-state index in [1.54, 1.807) is 18.7 Å². The molecule has 6 nitrogen and oxygen atoms in total. The van der Waals surface area contributed by atoms with Crippen LogP contribution in [0.25, 0.3) is 0 Å². The average Bonchev–Trinajstić information content (AvgIpc) is 2.83. The highest BCUT2D eigenvalue weighted by Gasteiger charge is 2.13. The van der Waals surface area contributed by atoms with Crippen LogP contribution >= 0.6 is 0 Å². The van der Waals surface area contributed by atoms with Crippen LogP contribution < -0.4 is 10.6 Å². The number of piperidine rings is 2. The molecule has 4 aliphatic heterocycles. The van der Waals surface area contributed by atoms with E-state index in [4.69, 9.17) is 21.9 Å². The Morgan fingerprint density at radius 1 is 0.444 bits per heavy atom. The van der Waals surface area contributed by atoms with Crippen molar-refractivity contribution in [3.05, 3.63) is 0 Å². The van der Waals surface area contributed by atoms with E-state index < -0.39 is 52.0 Å². The molecule has 0 bridgehead atoms. The molecule has 4 rings (SSSR count). The second-order valence-electron chi connectivity index (χ2n) is 10.1. The van der Waals surface area contributed by atoms with Crippen molar-refractivity contribution in [2.24, 2.45) is 0 Å². The molecular formula is C30H66N6. The summed E-state index contributed by atoms with van der Waals surface area (Å²) >= 11 is 0. The van der Waals surface area contributed by atoms with Gasteiger partial charge < -0.3 is 20.4 Å².